The molecule has 5 rings (SSSR count). The Morgan fingerprint density at radius 2 is 1.40 bits per heavy atom. The van der Waals surface area contributed by atoms with Gasteiger partial charge in [-0.2, -0.15) is 0 Å². The number of hydrogen-bond acceptors (Lipinski definition) is 5. The minimum Gasteiger partial charge on any atom is -0.457 e. The van der Waals surface area contributed by atoms with Gasteiger partial charge in [-0.1, -0.05) is 79.2 Å². The van der Waals surface area contributed by atoms with E-state index in [1.165, 1.54) is 17.8 Å². The number of amides is 3. The fraction of sp³-hybridized carbons (Fsp3) is 0.0789. The summed E-state index contributed by atoms with van der Waals surface area (Å²) >= 11 is 7.75. The Kier molecular flexibility index (Phi) is 11.5. The molecule has 0 spiro atoms. The molecular weight excluding hydrogens is 630 g/mol. The van der Waals surface area contributed by atoms with Crippen LogP contribution in [0.5, 0.6) is 11.5 Å². The number of thioether (sulfide) groups is 1. The number of halogens is 1. The monoisotopic (exact) mass is 661 g/mol. The number of anilines is 2. The van der Waals surface area contributed by atoms with Gasteiger partial charge >= 0.3 is 0 Å². The molecule has 0 heterocycles. The van der Waals surface area contributed by atoms with E-state index >= 15 is 0 Å². The Morgan fingerprint density at radius 3 is 2.11 bits per heavy atom. The van der Waals surface area contributed by atoms with Crippen molar-refractivity contribution in [2.75, 3.05) is 10.6 Å². The van der Waals surface area contributed by atoms with Gasteiger partial charge in [0.15, 0.2) is 0 Å². The van der Waals surface area contributed by atoms with Gasteiger partial charge in [0.1, 0.15) is 17.2 Å². The Morgan fingerprint density at radius 1 is 0.745 bits per heavy atom. The van der Waals surface area contributed by atoms with Crippen molar-refractivity contribution in [3.8, 4) is 11.5 Å². The van der Waals surface area contributed by atoms with Crippen molar-refractivity contribution in [1.29, 1.82) is 0 Å². The Hall–Kier alpha value is -5.31. The summed E-state index contributed by atoms with van der Waals surface area (Å²) < 4.78 is 5.84. The molecule has 0 saturated heterocycles. The molecular formula is C38H32ClN3O4S. The van der Waals surface area contributed by atoms with Crippen molar-refractivity contribution < 1.29 is 19.1 Å². The van der Waals surface area contributed by atoms with E-state index in [1.54, 1.807) is 91.0 Å². The van der Waals surface area contributed by atoms with Crippen molar-refractivity contribution in [3.05, 3.63) is 155 Å². The smallest absolute Gasteiger partial charge is 0.272 e. The fourth-order valence-electron chi connectivity index (χ4n) is 4.48. The van der Waals surface area contributed by atoms with E-state index < -0.39 is 11.8 Å². The second kappa shape index (κ2) is 16.3. The van der Waals surface area contributed by atoms with Gasteiger partial charge in [0.25, 0.3) is 11.8 Å². The predicted molar refractivity (Wildman–Crippen MR) is 190 cm³/mol. The fourth-order valence-corrected chi connectivity index (χ4v) is 5.68. The van der Waals surface area contributed by atoms with Gasteiger partial charge in [0.05, 0.1) is 5.25 Å². The zero-order chi connectivity index (χ0) is 33.0. The number of ether oxygens (including phenoxy) is 1. The Bertz CT molecular complexity index is 1870. The van der Waals surface area contributed by atoms with Crippen molar-refractivity contribution in [2.45, 2.75) is 23.5 Å². The van der Waals surface area contributed by atoms with Gasteiger partial charge in [-0.25, -0.2) is 0 Å². The van der Waals surface area contributed by atoms with Crippen LogP contribution in [0.3, 0.4) is 0 Å². The number of carbonyl (C=O) groups excluding carboxylic acids is 3. The molecule has 0 saturated carbocycles. The number of hydrogen-bond donors (Lipinski definition) is 3. The lowest BCUT2D eigenvalue weighted by Crippen LogP contribution is -2.30. The van der Waals surface area contributed by atoms with E-state index in [9.17, 15) is 14.4 Å². The molecule has 0 aliphatic carbocycles. The van der Waals surface area contributed by atoms with Crippen LogP contribution < -0.4 is 20.7 Å². The van der Waals surface area contributed by atoms with Gasteiger partial charge in [-0.15, -0.1) is 11.8 Å². The lowest BCUT2D eigenvalue weighted by Gasteiger charge is -2.16. The molecule has 5 aromatic carbocycles. The number of rotatable bonds is 12. The minimum absolute atomic E-state index is 0.0241. The van der Waals surface area contributed by atoms with Gasteiger partial charge in [0, 0.05) is 26.9 Å². The molecule has 0 fully saturated rings. The van der Waals surface area contributed by atoms with Crippen LogP contribution in [0.4, 0.5) is 11.4 Å². The first kappa shape index (κ1) is 33.1. The zero-order valence-corrected chi connectivity index (χ0v) is 27.1. The first-order valence-electron chi connectivity index (χ1n) is 14.9. The summed E-state index contributed by atoms with van der Waals surface area (Å²) in [5.74, 6) is 0.297. The van der Waals surface area contributed by atoms with Crippen LogP contribution in [-0.2, 0) is 9.59 Å². The molecule has 47 heavy (non-hydrogen) atoms. The zero-order valence-electron chi connectivity index (χ0n) is 25.5. The second-order valence-electron chi connectivity index (χ2n) is 10.3. The highest BCUT2D eigenvalue weighted by Gasteiger charge is 2.20. The average Bonchev–Trinajstić information content (AvgIpc) is 3.09. The second-order valence-corrected chi connectivity index (χ2v) is 12.0. The molecule has 3 amide bonds. The summed E-state index contributed by atoms with van der Waals surface area (Å²) in [5, 5.41) is 8.63. The van der Waals surface area contributed by atoms with Gasteiger partial charge < -0.3 is 20.7 Å². The van der Waals surface area contributed by atoms with Gasteiger partial charge in [-0.05, 0) is 90.9 Å². The van der Waals surface area contributed by atoms with Crippen molar-refractivity contribution in [1.82, 2.24) is 5.32 Å². The van der Waals surface area contributed by atoms with Gasteiger partial charge in [-0.3, -0.25) is 14.4 Å². The van der Waals surface area contributed by atoms with Crippen molar-refractivity contribution in [2.24, 2.45) is 0 Å². The third kappa shape index (κ3) is 9.59. The first-order chi connectivity index (χ1) is 22.9. The van der Waals surface area contributed by atoms with Crippen LogP contribution in [0.15, 0.2) is 144 Å². The summed E-state index contributed by atoms with van der Waals surface area (Å²) in [6, 6.07) is 39.6. The van der Waals surface area contributed by atoms with E-state index in [-0.39, 0.29) is 16.9 Å². The molecule has 7 nitrogen and oxygen atoms in total. The maximum absolute atomic E-state index is 13.5. The number of nitrogens with one attached hydrogen (secondary N) is 3. The molecule has 0 aliphatic heterocycles. The van der Waals surface area contributed by atoms with Crippen molar-refractivity contribution in [3.63, 3.8) is 0 Å². The molecule has 9 heteroatoms. The lowest BCUT2D eigenvalue weighted by atomic mass is 10.1. The Balaban J connectivity index is 1.25. The largest absolute Gasteiger partial charge is 0.457 e. The van der Waals surface area contributed by atoms with Crippen molar-refractivity contribution >= 4 is 58.5 Å². The van der Waals surface area contributed by atoms with Crippen LogP contribution >= 0.6 is 23.4 Å². The number of benzene rings is 5. The van der Waals surface area contributed by atoms with E-state index in [4.69, 9.17) is 16.3 Å². The summed E-state index contributed by atoms with van der Waals surface area (Å²) in [4.78, 5) is 40.5. The lowest BCUT2D eigenvalue weighted by molar-refractivity contribution is -0.116. The van der Waals surface area contributed by atoms with E-state index in [2.05, 4.69) is 16.0 Å². The molecule has 0 radical (unpaired) electrons. The quantitative estimate of drug-likeness (QED) is 0.0916. The minimum atomic E-state index is -0.527. The highest BCUT2D eigenvalue weighted by molar-refractivity contribution is 8.00. The summed E-state index contributed by atoms with van der Waals surface area (Å²) in [5.41, 5.74) is 2.17. The number of carbonyl (C=O) groups is 3. The van der Waals surface area contributed by atoms with Crippen LogP contribution in [-0.4, -0.2) is 23.0 Å². The molecule has 236 valence electrons. The van der Waals surface area contributed by atoms with Crippen LogP contribution in [0.2, 0.25) is 5.02 Å². The summed E-state index contributed by atoms with van der Waals surface area (Å²) in [6.45, 7) is 1.95. The third-order valence-corrected chi connectivity index (χ3v) is 8.57. The number of para-hydroxylation sites is 1. The van der Waals surface area contributed by atoms with Gasteiger partial charge in [0.2, 0.25) is 5.91 Å². The van der Waals surface area contributed by atoms with Crippen LogP contribution in [0, 0.1) is 0 Å². The highest BCUT2D eigenvalue weighted by Crippen LogP contribution is 2.30. The molecule has 0 bridgehead atoms. The molecule has 0 aliphatic rings. The summed E-state index contributed by atoms with van der Waals surface area (Å²) in [6.07, 6.45) is 2.12. The maximum atomic E-state index is 13.5. The highest BCUT2D eigenvalue weighted by atomic mass is 35.5. The average molecular weight is 662 g/mol. The summed E-state index contributed by atoms with van der Waals surface area (Å²) in [7, 11) is 0. The van der Waals surface area contributed by atoms with E-state index in [0.29, 0.717) is 39.7 Å². The maximum Gasteiger partial charge on any atom is 0.272 e. The molecule has 0 aromatic heterocycles. The standard InChI is InChI=1S/C38H32ClN3O4S/c1-2-35(38(45)40-28-20-22-31(23-21-28)46-30-16-7-4-8-17-30)47-32-18-11-15-29(25-32)41-37(44)34(24-27-14-9-10-19-33(27)39)42-36(43)26-12-5-3-6-13-26/h3-25,35H,2H2,1H3,(H,40,45)(H,41,44)(H,42,43)/b34-24+. The topological polar surface area (TPSA) is 96.5 Å². The Labute approximate surface area is 283 Å². The first-order valence-corrected chi connectivity index (χ1v) is 16.2. The molecule has 3 N–H and O–H groups in total. The normalized spacial score (nSPS) is 11.7. The predicted octanol–water partition coefficient (Wildman–Crippen LogP) is 9.05. The van der Waals surface area contributed by atoms with Crippen LogP contribution in [0.1, 0.15) is 29.3 Å². The SMILES string of the molecule is CCC(Sc1cccc(NC(=O)/C(=C\c2ccccc2Cl)NC(=O)c2ccccc2)c1)C(=O)Nc1ccc(Oc2ccccc2)cc1. The third-order valence-electron chi connectivity index (χ3n) is 6.87. The van der Waals surface area contributed by atoms with E-state index in [0.717, 1.165) is 10.6 Å². The van der Waals surface area contributed by atoms with Crippen LogP contribution in [0.25, 0.3) is 6.08 Å². The molecule has 5 aromatic rings. The molecule has 1 unspecified atom stereocenters. The van der Waals surface area contributed by atoms with E-state index in [1.807, 2.05) is 49.4 Å². The molecule has 1 atom stereocenters.